The van der Waals surface area contributed by atoms with Gasteiger partial charge in [0, 0.05) is 30.0 Å². The maximum Gasteiger partial charge on any atom is 0.228 e. The normalized spacial score (nSPS) is 12.2. The molecule has 0 aliphatic heterocycles. The number of anilines is 1. The molecule has 0 spiro atoms. The highest BCUT2D eigenvalue weighted by Crippen LogP contribution is 2.08. The largest absolute Gasteiger partial charge is 0.330 e. The number of carbonyl (C=O) groups is 1. The summed E-state index contributed by atoms with van der Waals surface area (Å²) in [7, 11) is 0. The van der Waals surface area contributed by atoms with Crippen molar-refractivity contribution < 1.29 is 4.79 Å². The lowest BCUT2D eigenvalue weighted by Crippen LogP contribution is -2.26. The van der Waals surface area contributed by atoms with Crippen LogP contribution >= 0.6 is 0 Å². The molecule has 14 heavy (non-hydrogen) atoms. The van der Waals surface area contributed by atoms with Gasteiger partial charge in [-0.3, -0.25) is 9.78 Å². The Morgan fingerprint density at radius 1 is 1.71 bits per heavy atom. The van der Waals surface area contributed by atoms with Gasteiger partial charge in [0.1, 0.15) is 0 Å². The molecule has 1 atom stereocenters. The van der Waals surface area contributed by atoms with E-state index in [1.54, 1.807) is 19.2 Å². The Balaban J connectivity index is 2.65. The molecule has 0 bridgehead atoms. The van der Waals surface area contributed by atoms with Crippen molar-refractivity contribution in [1.29, 1.82) is 0 Å². The van der Waals surface area contributed by atoms with E-state index in [4.69, 9.17) is 5.73 Å². The van der Waals surface area contributed by atoms with Gasteiger partial charge in [0.15, 0.2) is 0 Å². The molecule has 0 saturated heterocycles. The van der Waals surface area contributed by atoms with Crippen LogP contribution in [0.2, 0.25) is 0 Å². The number of hydrogen-bond donors (Lipinski definition) is 2. The minimum atomic E-state index is -0.163. The number of nitrogens with two attached hydrogens (primary N) is 1. The van der Waals surface area contributed by atoms with Crippen molar-refractivity contribution in [3.63, 3.8) is 0 Å². The molecule has 1 rings (SSSR count). The Labute approximate surface area is 83.5 Å². The lowest BCUT2D eigenvalue weighted by molar-refractivity contribution is -0.119. The second kappa shape index (κ2) is 4.72. The van der Waals surface area contributed by atoms with Gasteiger partial charge in [-0.05, 0) is 19.1 Å². The summed E-state index contributed by atoms with van der Waals surface area (Å²) in [5.74, 6) is -0.221. The van der Waals surface area contributed by atoms with Crippen LogP contribution in [-0.2, 0) is 4.79 Å². The highest BCUT2D eigenvalue weighted by atomic mass is 16.1. The number of pyridine rings is 1. The first-order valence-electron chi connectivity index (χ1n) is 4.57. The van der Waals surface area contributed by atoms with Crippen LogP contribution in [0.15, 0.2) is 18.3 Å². The Kier molecular flexibility index (Phi) is 3.59. The molecular weight excluding hydrogens is 178 g/mol. The summed E-state index contributed by atoms with van der Waals surface area (Å²) in [5.41, 5.74) is 7.03. The molecule has 1 unspecified atom stereocenters. The molecule has 0 aromatic carbocycles. The second-order valence-corrected chi connectivity index (χ2v) is 3.31. The van der Waals surface area contributed by atoms with Crippen LogP contribution in [0.3, 0.4) is 0 Å². The molecular formula is C10H15N3O. The fourth-order valence-electron chi connectivity index (χ4n) is 0.996. The van der Waals surface area contributed by atoms with E-state index in [0.717, 1.165) is 11.4 Å². The molecule has 0 fully saturated rings. The first kappa shape index (κ1) is 10.7. The third-order valence-corrected chi connectivity index (χ3v) is 1.97. The van der Waals surface area contributed by atoms with E-state index in [-0.39, 0.29) is 11.8 Å². The zero-order valence-corrected chi connectivity index (χ0v) is 8.45. The van der Waals surface area contributed by atoms with E-state index in [2.05, 4.69) is 10.3 Å². The molecule has 0 radical (unpaired) electrons. The van der Waals surface area contributed by atoms with E-state index in [1.807, 2.05) is 13.0 Å². The predicted octanol–water partition coefficient (Wildman–Crippen LogP) is 0.923. The third kappa shape index (κ3) is 2.81. The Bertz CT molecular complexity index is 325. The van der Waals surface area contributed by atoms with Crippen molar-refractivity contribution in [3.05, 3.63) is 24.0 Å². The lowest BCUT2D eigenvalue weighted by atomic mass is 10.1. The monoisotopic (exact) mass is 193 g/mol. The average Bonchev–Trinajstić information content (AvgIpc) is 2.16. The van der Waals surface area contributed by atoms with Crippen LogP contribution in [0, 0.1) is 12.8 Å². The van der Waals surface area contributed by atoms with Crippen LogP contribution in [0.4, 0.5) is 5.69 Å². The highest BCUT2D eigenvalue weighted by molar-refractivity contribution is 5.92. The SMILES string of the molecule is Cc1cc(NC(=O)C(C)CN)ccn1. The first-order valence-corrected chi connectivity index (χ1v) is 4.57. The Hall–Kier alpha value is -1.42. The van der Waals surface area contributed by atoms with Gasteiger partial charge >= 0.3 is 0 Å². The summed E-state index contributed by atoms with van der Waals surface area (Å²) in [4.78, 5) is 15.5. The van der Waals surface area contributed by atoms with Gasteiger partial charge in [0.05, 0.1) is 0 Å². The smallest absolute Gasteiger partial charge is 0.228 e. The number of carbonyl (C=O) groups excluding carboxylic acids is 1. The number of nitrogens with one attached hydrogen (secondary N) is 1. The zero-order chi connectivity index (χ0) is 10.6. The Morgan fingerprint density at radius 3 is 3.00 bits per heavy atom. The van der Waals surface area contributed by atoms with Gasteiger partial charge in [-0.25, -0.2) is 0 Å². The molecule has 1 aromatic heterocycles. The van der Waals surface area contributed by atoms with Crippen LogP contribution in [0.25, 0.3) is 0 Å². The van der Waals surface area contributed by atoms with E-state index in [1.165, 1.54) is 0 Å². The van der Waals surface area contributed by atoms with Crippen molar-refractivity contribution in [1.82, 2.24) is 4.98 Å². The minimum Gasteiger partial charge on any atom is -0.330 e. The third-order valence-electron chi connectivity index (χ3n) is 1.97. The van der Waals surface area contributed by atoms with E-state index >= 15 is 0 Å². The van der Waals surface area contributed by atoms with E-state index < -0.39 is 0 Å². The minimum absolute atomic E-state index is 0.0573. The topological polar surface area (TPSA) is 68.0 Å². The molecule has 0 aliphatic carbocycles. The number of amides is 1. The maximum absolute atomic E-state index is 11.4. The number of hydrogen-bond acceptors (Lipinski definition) is 3. The summed E-state index contributed by atoms with van der Waals surface area (Å²) in [6.07, 6.45) is 1.66. The van der Waals surface area contributed by atoms with Gasteiger partial charge in [0.25, 0.3) is 0 Å². The molecule has 4 heteroatoms. The molecule has 1 aromatic rings. The Morgan fingerprint density at radius 2 is 2.43 bits per heavy atom. The van der Waals surface area contributed by atoms with Crippen molar-refractivity contribution >= 4 is 11.6 Å². The molecule has 3 N–H and O–H groups in total. The van der Waals surface area contributed by atoms with Crippen molar-refractivity contribution in [3.8, 4) is 0 Å². The van der Waals surface area contributed by atoms with Crippen LogP contribution in [0.5, 0.6) is 0 Å². The highest BCUT2D eigenvalue weighted by Gasteiger charge is 2.10. The summed E-state index contributed by atoms with van der Waals surface area (Å²) in [5, 5.41) is 2.77. The van der Waals surface area contributed by atoms with Gasteiger partial charge in [-0.2, -0.15) is 0 Å². The number of aryl methyl sites for hydroxylation is 1. The molecule has 4 nitrogen and oxygen atoms in total. The molecule has 0 aliphatic rings. The van der Waals surface area contributed by atoms with Gasteiger partial charge in [0.2, 0.25) is 5.91 Å². The van der Waals surface area contributed by atoms with Gasteiger partial charge in [-0.1, -0.05) is 6.92 Å². The fourth-order valence-corrected chi connectivity index (χ4v) is 0.996. The number of rotatable bonds is 3. The zero-order valence-electron chi connectivity index (χ0n) is 8.45. The molecule has 1 heterocycles. The van der Waals surface area contributed by atoms with Crippen LogP contribution in [0.1, 0.15) is 12.6 Å². The maximum atomic E-state index is 11.4. The molecule has 1 amide bonds. The van der Waals surface area contributed by atoms with Crippen molar-refractivity contribution in [2.24, 2.45) is 11.7 Å². The second-order valence-electron chi connectivity index (χ2n) is 3.31. The predicted molar refractivity (Wildman–Crippen MR) is 55.8 cm³/mol. The number of aromatic nitrogens is 1. The van der Waals surface area contributed by atoms with Gasteiger partial charge in [-0.15, -0.1) is 0 Å². The van der Waals surface area contributed by atoms with Crippen molar-refractivity contribution in [2.75, 3.05) is 11.9 Å². The molecule has 76 valence electrons. The summed E-state index contributed by atoms with van der Waals surface area (Å²) < 4.78 is 0. The lowest BCUT2D eigenvalue weighted by Gasteiger charge is -2.09. The summed E-state index contributed by atoms with van der Waals surface area (Å²) in [6, 6.07) is 3.58. The van der Waals surface area contributed by atoms with Crippen molar-refractivity contribution in [2.45, 2.75) is 13.8 Å². The van der Waals surface area contributed by atoms with E-state index in [9.17, 15) is 4.79 Å². The van der Waals surface area contributed by atoms with Crippen LogP contribution < -0.4 is 11.1 Å². The standard InChI is InChI=1S/C10H15N3O/c1-7(6-11)10(14)13-9-3-4-12-8(2)5-9/h3-5,7H,6,11H2,1-2H3,(H,12,13,14). The van der Waals surface area contributed by atoms with Gasteiger partial charge < -0.3 is 11.1 Å². The summed E-state index contributed by atoms with van der Waals surface area (Å²) >= 11 is 0. The first-order chi connectivity index (χ1) is 6.63. The fraction of sp³-hybridized carbons (Fsp3) is 0.400. The number of nitrogens with zero attached hydrogens (tertiary/aromatic N) is 1. The quantitative estimate of drug-likeness (QED) is 0.750. The van der Waals surface area contributed by atoms with E-state index in [0.29, 0.717) is 6.54 Å². The summed E-state index contributed by atoms with van der Waals surface area (Å²) in [6.45, 7) is 4.03. The van der Waals surface area contributed by atoms with Crippen LogP contribution in [-0.4, -0.2) is 17.4 Å². The average molecular weight is 193 g/mol. The molecule has 0 saturated carbocycles.